The molecule has 0 aliphatic carbocycles. The summed E-state index contributed by atoms with van der Waals surface area (Å²) in [7, 11) is -4.61. The Kier molecular flexibility index (Phi) is 2.79. The standard InChI is InChI=1S/C5H6FN3O4S/c6-14(12,13)2-1-4-5(9(10)11)3-7-8-4/h3H,1-2H2,(H,7,8). The molecule has 1 aromatic heterocycles. The van der Waals surface area contributed by atoms with Crippen molar-refractivity contribution in [3.8, 4) is 0 Å². The van der Waals surface area contributed by atoms with Crippen molar-refractivity contribution in [1.29, 1.82) is 0 Å². The average molecular weight is 223 g/mol. The summed E-state index contributed by atoms with van der Waals surface area (Å²) in [5, 5.41) is 15.9. The summed E-state index contributed by atoms with van der Waals surface area (Å²) < 4.78 is 32.4. The lowest BCUT2D eigenvalue weighted by atomic mass is 10.3. The molecule has 0 saturated heterocycles. The fraction of sp³-hybridized carbons (Fsp3) is 0.400. The summed E-state index contributed by atoms with van der Waals surface area (Å²) in [6.45, 7) is 0. The molecule has 1 heterocycles. The predicted octanol–water partition coefficient (Wildman–Crippen LogP) is 0.160. The van der Waals surface area contributed by atoms with Crippen LogP contribution in [0.1, 0.15) is 5.69 Å². The van der Waals surface area contributed by atoms with E-state index in [9.17, 15) is 22.4 Å². The fourth-order valence-corrected chi connectivity index (χ4v) is 1.32. The molecule has 0 aliphatic rings. The van der Waals surface area contributed by atoms with Crippen molar-refractivity contribution < 1.29 is 17.2 Å². The van der Waals surface area contributed by atoms with Gasteiger partial charge in [-0.1, -0.05) is 0 Å². The van der Waals surface area contributed by atoms with Crippen LogP contribution in [0.4, 0.5) is 9.57 Å². The van der Waals surface area contributed by atoms with E-state index in [0.29, 0.717) is 0 Å². The second-order valence-electron chi connectivity index (χ2n) is 2.48. The van der Waals surface area contributed by atoms with Crippen LogP contribution >= 0.6 is 0 Å². The Morgan fingerprint density at radius 1 is 1.64 bits per heavy atom. The van der Waals surface area contributed by atoms with Gasteiger partial charge in [-0.05, 0) is 0 Å². The molecule has 9 heteroatoms. The molecule has 0 amide bonds. The van der Waals surface area contributed by atoms with Gasteiger partial charge in [-0.2, -0.15) is 13.5 Å². The molecule has 1 N–H and O–H groups in total. The Morgan fingerprint density at radius 2 is 2.29 bits per heavy atom. The molecular formula is C5H6FN3O4S. The van der Waals surface area contributed by atoms with Gasteiger partial charge in [0.15, 0.2) is 0 Å². The third-order valence-electron chi connectivity index (χ3n) is 1.49. The number of halogens is 1. The first-order chi connectivity index (χ1) is 6.40. The summed E-state index contributed by atoms with van der Waals surface area (Å²) in [6, 6.07) is 0. The first kappa shape index (κ1) is 10.6. The van der Waals surface area contributed by atoms with Gasteiger partial charge in [-0.25, -0.2) is 0 Å². The normalized spacial score (nSPS) is 11.5. The zero-order valence-corrected chi connectivity index (χ0v) is 7.62. The average Bonchev–Trinajstić information content (AvgIpc) is 2.46. The van der Waals surface area contributed by atoms with E-state index < -0.39 is 20.9 Å². The van der Waals surface area contributed by atoms with Gasteiger partial charge in [-0.15, -0.1) is 3.89 Å². The molecule has 0 bridgehead atoms. The van der Waals surface area contributed by atoms with Gasteiger partial charge >= 0.3 is 15.9 Å². The molecule has 0 saturated carbocycles. The van der Waals surface area contributed by atoms with Gasteiger partial charge in [0.2, 0.25) is 0 Å². The largest absolute Gasteiger partial charge is 0.309 e. The smallest absolute Gasteiger partial charge is 0.275 e. The Labute approximate surface area is 78.3 Å². The van der Waals surface area contributed by atoms with E-state index >= 15 is 0 Å². The van der Waals surface area contributed by atoms with Crippen molar-refractivity contribution in [2.75, 3.05) is 5.75 Å². The van der Waals surface area contributed by atoms with Crippen LogP contribution in [0.2, 0.25) is 0 Å². The molecule has 0 radical (unpaired) electrons. The van der Waals surface area contributed by atoms with E-state index in [0.717, 1.165) is 6.20 Å². The summed E-state index contributed by atoms with van der Waals surface area (Å²) in [5.74, 6) is -0.796. The Bertz CT molecular complexity index is 440. The van der Waals surface area contributed by atoms with Gasteiger partial charge < -0.3 is 0 Å². The fourth-order valence-electron chi connectivity index (χ4n) is 0.872. The number of aromatic amines is 1. The Balaban J connectivity index is 2.77. The zero-order chi connectivity index (χ0) is 10.8. The van der Waals surface area contributed by atoms with Crippen LogP contribution in [0, 0.1) is 10.1 Å². The van der Waals surface area contributed by atoms with Crippen molar-refractivity contribution in [3.05, 3.63) is 22.0 Å². The van der Waals surface area contributed by atoms with Crippen LogP contribution in [0.15, 0.2) is 6.20 Å². The van der Waals surface area contributed by atoms with Gasteiger partial charge in [0, 0.05) is 6.42 Å². The highest BCUT2D eigenvalue weighted by atomic mass is 32.3. The van der Waals surface area contributed by atoms with Crippen LogP contribution in [0.5, 0.6) is 0 Å². The second kappa shape index (κ2) is 3.70. The van der Waals surface area contributed by atoms with Crippen molar-refractivity contribution in [2.45, 2.75) is 6.42 Å². The number of hydrogen-bond acceptors (Lipinski definition) is 5. The van der Waals surface area contributed by atoms with E-state index in [-0.39, 0.29) is 17.8 Å². The first-order valence-corrected chi connectivity index (χ1v) is 5.04. The maximum absolute atomic E-state index is 12.1. The summed E-state index contributed by atoms with van der Waals surface area (Å²) in [4.78, 5) is 9.59. The minimum Gasteiger partial charge on any atom is -0.275 e. The molecular weight excluding hydrogens is 217 g/mol. The number of nitrogens with one attached hydrogen (secondary N) is 1. The number of hydrogen-bond donors (Lipinski definition) is 1. The lowest BCUT2D eigenvalue weighted by molar-refractivity contribution is -0.385. The Morgan fingerprint density at radius 3 is 2.79 bits per heavy atom. The maximum Gasteiger partial charge on any atom is 0.309 e. The highest BCUT2D eigenvalue weighted by molar-refractivity contribution is 7.86. The molecule has 14 heavy (non-hydrogen) atoms. The van der Waals surface area contributed by atoms with Crippen molar-refractivity contribution in [2.24, 2.45) is 0 Å². The molecule has 0 aromatic carbocycles. The first-order valence-electron chi connectivity index (χ1n) is 3.49. The zero-order valence-electron chi connectivity index (χ0n) is 6.81. The lowest BCUT2D eigenvalue weighted by Crippen LogP contribution is -2.04. The van der Waals surface area contributed by atoms with Crippen LogP contribution < -0.4 is 0 Å². The van der Waals surface area contributed by atoms with Crippen molar-refractivity contribution in [1.82, 2.24) is 10.2 Å². The van der Waals surface area contributed by atoms with Gasteiger partial charge in [0.05, 0.1) is 10.7 Å². The van der Waals surface area contributed by atoms with E-state index in [1.807, 2.05) is 0 Å². The number of rotatable bonds is 4. The van der Waals surface area contributed by atoms with E-state index in [1.165, 1.54) is 0 Å². The molecule has 0 unspecified atom stereocenters. The molecule has 7 nitrogen and oxygen atoms in total. The molecule has 1 rings (SSSR count). The lowest BCUT2D eigenvalue weighted by Gasteiger charge is -1.93. The highest BCUT2D eigenvalue weighted by Crippen LogP contribution is 2.15. The minimum absolute atomic E-state index is 0.00350. The summed E-state index contributed by atoms with van der Waals surface area (Å²) in [6.07, 6.45) is 0.648. The third-order valence-corrected chi connectivity index (χ3v) is 2.18. The quantitative estimate of drug-likeness (QED) is 0.444. The van der Waals surface area contributed by atoms with Crippen LogP contribution in [-0.4, -0.2) is 29.3 Å². The number of nitrogens with zero attached hydrogens (tertiary/aromatic N) is 2. The number of H-pyrrole nitrogens is 1. The van der Waals surface area contributed by atoms with E-state index in [4.69, 9.17) is 0 Å². The molecule has 0 atom stereocenters. The van der Waals surface area contributed by atoms with Crippen LogP contribution in [0.25, 0.3) is 0 Å². The van der Waals surface area contributed by atoms with Gasteiger partial charge in [-0.3, -0.25) is 15.2 Å². The van der Waals surface area contributed by atoms with Crippen molar-refractivity contribution >= 4 is 15.9 Å². The SMILES string of the molecule is O=[N+]([O-])c1cn[nH]c1CCS(=O)(=O)F. The van der Waals surface area contributed by atoms with E-state index in [2.05, 4.69) is 10.2 Å². The molecule has 78 valence electrons. The Hall–Kier alpha value is -1.51. The minimum atomic E-state index is -4.61. The van der Waals surface area contributed by atoms with E-state index in [1.54, 1.807) is 0 Å². The number of aryl methyl sites for hydroxylation is 1. The van der Waals surface area contributed by atoms with Gasteiger partial charge in [0.1, 0.15) is 11.9 Å². The monoisotopic (exact) mass is 223 g/mol. The molecule has 0 fully saturated rings. The van der Waals surface area contributed by atoms with Crippen LogP contribution in [-0.2, 0) is 16.6 Å². The maximum atomic E-state index is 12.1. The van der Waals surface area contributed by atoms with Gasteiger partial charge in [0.25, 0.3) is 0 Å². The predicted molar refractivity (Wildman–Crippen MR) is 43.8 cm³/mol. The van der Waals surface area contributed by atoms with Crippen molar-refractivity contribution in [3.63, 3.8) is 0 Å². The molecule has 0 aliphatic heterocycles. The summed E-state index contributed by atoms with van der Waals surface area (Å²) in [5.41, 5.74) is -0.343. The number of nitro groups is 1. The third kappa shape index (κ3) is 2.76. The van der Waals surface area contributed by atoms with Crippen LogP contribution in [0.3, 0.4) is 0 Å². The molecule has 1 aromatic rings. The highest BCUT2D eigenvalue weighted by Gasteiger charge is 2.18. The second-order valence-corrected chi connectivity index (χ2v) is 3.97. The number of aromatic nitrogens is 2. The molecule has 0 spiro atoms. The summed E-state index contributed by atoms with van der Waals surface area (Å²) >= 11 is 0. The topological polar surface area (TPSA) is 106 Å².